The van der Waals surface area contributed by atoms with Crippen LogP contribution in [0.25, 0.3) is 0 Å². The Morgan fingerprint density at radius 3 is 2.72 bits per heavy atom. The van der Waals surface area contributed by atoms with E-state index in [0.717, 1.165) is 25.7 Å². The Morgan fingerprint density at radius 1 is 1.22 bits per heavy atom. The molecule has 0 saturated heterocycles. The van der Waals surface area contributed by atoms with Crippen molar-refractivity contribution in [1.29, 1.82) is 0 Å². The SMILES string of the molecule is Cc1ccccc1CCC(=O)NCCCCCO. The zero-order valence-electron chi connectivity index (χ0n) is 11.1. The third-order valence-corrected chi connectivity index (χ3v) is 3.04. The van der Waals surface area contributed by atoms with Gasteiger partial charge in [-0.15, -0.1) is 0 Å². The first-order chi connectivity index (χ1) is 8.74. The highest BCUT2D eigenvalue weighted by Crippen LogP contribution is 2.09. The van der Waals surface area contributed by atoms with Gasteiger partial charge in [0.25, 0.3) is 0 Å². The summed E-state index contributed by atoms with van der Waals surface area (Å²) in [5, 5.41) is 11.5. The normalized spacial score (nSPS) is 10.3. The van der Waals surface area contributed by atoms with E-state index in [1.807, 2.05) is 12.1 Å². The molecular weight excluding hydrogens is 226 g/mol. The van der Waals surface area contributed by atoms with Crippen LogP contribution in [0.5, 0.6) is 0 Å². The molecule has 0 aliphatic rings. The van der Waals surface area contributed by atoms with E-state index in [1.54, 1.807) is 0 Å². The molecule has 0 radical (unpaired) electrons. The number of rotatable bonds is 8. The molecule has 18 heavy (non-hydrogen) atoms. The van der Waals surface area contributed by atoms with Gasteiger partial charge in [0.15, 0.2) is 0 Å². The van der Waals surface area contributed by atoms with Gasteiger partial charge in [0.1, 0.15) is 0 Å². The van der Waals surface area contributed by atoms with Crippen molar-refractivity contribution in [3.63, 3.8) is 0 Å². The lowest BCUT2D eigenvalue weighted by Crippen LogP contribution is -2.24. The predicted octanol–water partition coefficient (Wildman–Crippen LogP) is 2.21. The van der Waals surface area contributed by atoms with Crippen LogP contribution < -0.4 is 5.32 Å². The predicted molar refractivity (Wildman–Crippen MR) is 73.4 cm³/mol. The number of unbranched alkanes of at least 4 members (excludes halogenated alkanes) is 2. The Hall–Kier alpha value is -1.35. The maximum absolute atomic E-state index is 11.6. The summed E-state index contributed by atoms with van der Waals surface area (Å²) in [6, 6.07) is 8.17. The first-order valence-electron chi connectivity index (χ1n) is 6.66. The van der Waals surface area contributed by atoms with Crippen LogP contribution in [0.2, 0.25) is 0 Å². The molecule has 3 nitrogen and oxygen atoms in total. The number of aliphatic hydroxyl groups excluding tert-OH is 1. The summed E-state index contributed by atoms with van der Waals surface area (Å²) < 4.78 is 0. The van der Waals surface area contributed by atoms with Crippen LogP contribution in [0.4, 0.5) is 0 Å². The largest absolute Gasteiger partial charge is 0.396 e. The minimum absolute atomic E-state index is 0.113. The standard InChI is InChI=1S/C15H23NO2/c1-13-7-3-4-8-14(13)9-10-15(18)16-11-5-2-6-12-17/h3-4,7-8,17H,2,5-6,9-12H2,1H3,(H,16,18). The van der Waals surface area contributed by atoms with Crippen LogP contribution >= 0.6 is 0 Å². The van der Waals surface area contributed by atoms with Gasteiger partial charge in [0, 0.05) is 19.6 Å². The topological polar surface area (TPSA) is 49.3 Å². The highest BCUT2D eigenvalue weighted by molar-refractivity contribution is 5.76. The lowest BCUT2D eigenvalue weighted by Gasteiger charge is -2.06. The maximum atomic E-state index is 11.6. The number of benzene rings is 1. The van der Waals surface area contributed by atoms with Gasteiger partial charge in [-0.05, 0) is 43.7 Å². The van der Waals surface area contributed by atoms with Gasteiger partial charge in [-0.3, -0.25) is 4.79 Å². The average molecular weight is 249 g/mol. The second-order valence-electron chi connectivity index (χ2n) is 4.56. The van der Waals surface area contributed by atoms with Gasteiger partial charge < -0.3 is 10.4 Å². The number of nitrogens with one attached hydrogen (secondary N) is 1. The van der Waals surface area contributed by atoms with Crippen LogP contribution in [-0.2, 0) is 11.2 Å². The molecule has 0 heterocycles. The molecule has 1 aromatic rings. The monoisotopic (exact) mass is 249 g/mol. The van der Waals surface area contributed by atoms with Crippen LogP contribution in [0.3, 0.4) is 0 Å². The number of amides is 1. The highest BCUT2D eigenvalue weighted by atomic mass is 16.2. The average Bonchev–Trinajstić information content (AvgIpc) is 2.37. The van der Waals surface area contributed by atoms with E-state index in [1.165, 1.54) is 11.1 Å². The number of hydrogen-bond donors (Lipinski definition) is 2. The molecule has 0 spiro atoms. The van der Waals surface area contributed by atoms with Gasteiger partial charge in [-0.2, -0.15) is 0 Å². The summed E-state index contributed by atoms with van der Waals surface area (Å²) in [6.45, 7) is 3.02. The third-order valence-electron chi connectivity index (χ3n) is 3.04. The number of carbonyl (C=O) groups excluding carboxylic acids is 1. The lowest BCUT2D eigenvalue weighted by atomic mass is 10.0. The second-order valence-corrected chi connectivity index (χ2v) is 4.56. The zero-order valence-corrected chi connectivity index (χ0v) is 11.1. The van der Waals surface area contributed by atoms with Gasteiger partial charge >= 0.3 is 0 Å². The van der Waals surface area contributed by atoms with Crippen molar-refractivity contribution in [1.82, 2.24) is 5.32 Å². The Labute approximate surface area is 109 Å². The van der Waals surface area contributed by atoms with E-state index in [2.05, 4.69) is 24.4 Å². The fourth-order valence-electron chi connectivity index (χ4n) is 1.87. The van der Waals surface area contributed by atoms with Gasteiger partial charge in [0.05, 0.1) is 0 Å². The van der Waals surface area contributed by atoms with E-state index in [0.29, 0.717) is 13.0 Å². The first-order valence-corrected chi connectivity index (χ1v) is 6.66. The quantitative estimate of drug-likeness (QED) is 0.694. The highest BCUT2D eigenvalue weighted by Gasteiger charge is 2.03. The molecule has 2 N–H and O–H groups in total. The molecule has 0 fully saturated rings. The van der Waals surface area contributed by atoms with Gasteiger partial charge in [-0.1, -0.05) is 24.3 Å². The van der Waals surface area contributed by atoms with Crippen molar-refractivity contribution in [3.05, 3.63) is 35.4 Å². The fraction of sp³-hybridized carbons (Fsp3) is 0.533. The fourth-order valence-corrected chi connectivity index (χ4v) is 1.87. The van der Waals surface area contributed by atoms with Crippen LogP contribution in [-0.4, -0.2) is 24.2 Å². The van der Waals surface area contributed by atoms with Crippen molar-refractivity contribution in [3.8, 4) is 0 Å². The molecular formula is C15H23NO2. The van der Waals surface area contributed by atoms with E-state index in [9.17, 15) is 4.79 Å². The number of aliphatic hydroxyl groups is 1. The van der Waals surface area contributed by atoms with Crippen molar-refractivity contribution >= 4 is 5.91 Å². The van der Waals surface area contributed by atoms with Crippen LogP contribution in [0.1, 0.15) is 36.8 Å². The second kappa shape index (κ2) is 8.70. The van der Waals surface area contributed by atoms with Gasteiger partial charge in [-0.25, -0.2) is 0 Å². The van der Waals surface area contributed by atoms with Gasteiger partial charge in [0.2, 0.25) is 5.91 Å². The smallest absolute Gasteiger partial charge is 0.220 e. The van der Waals surface area contributed by atoms with Crippen molar-refractivity contribution < 1.29 is 9.90 Å². The molecule has 1 rings (SSSR count). The summed E-state index contributed by atoms with van der Waals surface area (Å²) in [7, 11) is 0. The van der Waals surface area contributed by atoms with E-state index >= 15 is 0 Å². The molecule has 3 heteroatoms. The molecule has 1 amide bonds. The summed E-state index contributed by atoms with van der Waals surface area (Å²) in [5.74, 6) is 0.113. The minimum atomic E-state index is 0.113. The van der Waals surface area contributed by atoms with Crippen molar-refractivity contribution in [2.24, 2.45) is 0 Å². The molecule has 1 aromatic carbocycles. The van der Waals surface area contributed by atoms with Crippen molar-refractivity contribution in [2.75, 3.05) is 13.2 Å². The number of aryl methyl sites for hydroxylation is 2. The third kappa shape index (κ3) is 5.82. The summed E-state index contributed by atoms with van der Waals surface area (Å²) in [6.07, 6.45) is 4.07. The van der Waals surface area contributed by atoms with E-state index in [-0.39, 0.29) is 12.5 Å². The van der Waals surface area contributed by atoms with Crippen LogP contribution in [0.15, 0.2) is 24.3 Å². The lowest BCUT2D eigenvalue weighted by molar-refractivity contribution is -0.121. The minimum Gasteiger partial charge on any atom is -0.396 e. The molecule has 0 aliphatic heterocycles. The van der Waals surface area contributed by atoms with Crippen LogP contribution in [0, 0.1) is 6.92 Å². The Bertz CT molecular complexity index is 363. The Kier molecular flexibility index (Phi) is 7.11. The van der Waals surface area contributed by atoms with Crippen molar-refractivity contribution in [2.45, 2.75) is 39.0 Å². The summed E-state index contributed by atoms with van der Waals surface area (Å²) in [4.78, 5) is 11.6. The zero-order chi connectivity index (χ0) is 13.2. The Balaban J connectivity index is 2.15. The Morgan fingerprint density at radius 2 is 2.00 bits per heavy atom. The molecule has 0 unspecified atom stereocenters. The molecule has 0 atom stereocenters. The number of carbonyl (C=O) groups is 1. The molecule has 0 bridgehead atoms. The molecule has 0 aliphatic carbocycles. The molecule has 0 saturated carbocycles. The first kappa shape index (κ1) is 14.7. The molecule has 100 valence electrons. The summed E-state index contributed by atoms with van der Waals surface area (Å²) in [5.41, 5.74) is 2.49. The molecule has 0 aromatic heterocycles. The van der Waals surface area contributed by atoms with E-state index in [4.69, 9.17) is 5.11 Å². The number of hydrogen-bond acceptors (Lipinski definition) is 2. The maximum Gasteiger partial charge on any atom is 0.220 e. The van der Waals surface area contributed by atoms with E-state index < -0.39 is 0 Å². The summed E-state index contributed by atoms with van der Waals surface area (Å²) >= 11 is 0.